The van der Waals surface area contributed by atoms with E-state index in [0.29, 0.717) is 11.5 Å². The summed E-state index contributed by atoms with van der Waals surface area (Å²) in [6, 6.07) is 18.5. The van der Waals surface area contributed by atoms with Crippen LogP contribution in [0.5, 0.6) is 11.5 Å². The minimum absolute atomic E-state index is 0. The molecule has 136 valence electrons. The Labute approximate surface area is 173 Å². The molecule has 0 atom stereocenters. The molecule has 0 bridgehead atoms. The fourth-order valence-corrected chi connectivity index (χ4v) is 1.24. The minimum Gasteiger partial charge on any atom is -0.441 e. The maximum absolute atomic E-state index is 10.1. The van der Waals surface area contributed by atoms with Gasteiger partial charge in [0.2, 0.25) is 0 Å². The monoisotopic (exact) mass is 554 g/mol. The van der Waals surface area contributed by atoms with E-state index in [0.717, 1.165) is 0 Å². The molecular formula is C18H20Cl2O4W. The van der Waals surface area contributed by atoms with Gasteiger partial charge >= 0.3 is 31.9 Å². The number of rotatable bonds is 2. The fraction of sp³-hybridized carbons (Fsp3) is 0.222. The van der Waals surface area contributed by atoms with Crippen LogP contribution in [0.15, 0.2) is 48.5 Å². The van der Waals surface area contributed by atoms with Crippen LogP contribution < -0.4 is 9.47 Å². The Hall–Kier alpha value is -1.35. The molecule has 0 N–H and O–H groups in total. The molecule has 0 saturated carbocycles. The summed E-state index contributed by atoms with van der Waals surface area (Å²) < 4.78 is 9.04. The van der Waals surface area contributed by atoms with Crippen molar-refractivity contribution in [1.82, 2.24) is 0 Å². The molecule has 2 aromatic carbocycles. The number of carbonyl (C=O) groups excluding carboxylic acids is 2. The van der Waals surface area contributed by atoms with E-state index in [4.69, 9.17) is 23.2 Å². The van der Waals surface area contributed by atoms with Crippen LogP contribution in [0.2, 0.25) is 0 Å². The molecule has 0 aliphatic heterocycles. The van der Waals surface area contributed by atoms with E-state index < -0.39 is 10.9 Å². The SMILES string of the molecule is CC.CC.O=C(Cl)Oc1cc[c-]cc1.O=C(Cl)Oc1cc[c-]cc1.[W+2]. The summed E-state index contributed by atoms with van der Waals surface area (Å²) in [7, 11) is 0. The molecule has 7 heteroatoms. The molecule has 0 unspecified atom stereocenters. The zero-order valence-corrected chi connectivity index (χ0v) is 18.9. The van der Waals surface area contributed by atoms with Crippen molar-refractivity contribution in [3.8, 4) is 11.5 Å². The molecule has 0 aromatic heterocycles. The standard InChI is InChI=1S/2C7H4ClO2.2C2H6.W/c2*8-7(9)10-6-4-2-1-3-5-6;2*1-2;/h2*2-5H;2*1-2H3;/q2*-1;;;+2. The normalized spacial score (nSPS) is 7.60. The van der Waals surface area contributed by atoms with Crippen LogP contribution in [-0.2, 0) is 21.1 Å². The predicted molar refractivity (Wildman–Crippen MR) is 97.0 cm³/mol. The second-order valence-electron chi connectivity index (χ2n) is 3.15. The summed E-state index contributed by atoms with van der Waals surface area (Å²) in [4.78, 5) is 20.3. The molecule has 4 nitrogen and oxygen atoms in total. The Morgan fingerprint density at radius 1 is 0.720 bits per heavy atom. The van der Waals surface area contributed by atoms with E-state index in [1.807, 2.05) is 27.7 Å². The first-order valence-electron chi connectivity index (χ1n) is 7.25. The molecule has 2 rings (SSSR count). The average Bonchev–Trinajstić information content (AvgIpc) is 2.60. The molecule has 0 aliphatic rings. The molecule has 0 aliphatic carbocycles. The fourth-order valence-electron chi connectivity index (χ4n) is 1.06. The number of hydrogen-bond donors (Lipinski definition) is 0. The molecule has 0 amide bonds. The Bertz CT molecular complexity index is 500. The van der Waals surface area contributed by atoms with Gasteiger partial charge in [0.15, 0.2) is 0 Å². The van der Waals surface area contributed by atoms with E-state index in [2.05, 4.69) is 21.6 Å². The summed E-state index contributed by atoms with van der Waals surface area (Å²) >= 11 is 9.88. The van der Waals surface area contributed by atoms with Gasteiger partial charge in [-0.25, -0.2) is 9.59 Å². The van der Waals surface area contributed by atoms with Crippen molar-refractivity contribution < 1.29 is 40.1 Å². The van der Waals surface area contributed by atoms with Gasteiger partial charge < -0.3 is 9.47 Å². The number of hydrogen-bond acceptors (Lipinski definition) is 4. The average molecular weight is 555 g/mol. The zero-order valence-electron chi connectivity index (χ0n) is 14.4. The van der Waals surface area contributed by atoms with Crippen LogP contribution in [0.25, 0.3) is 0 Å². The van der Waals surface area contributed by atoms with Gasteiger partial charge in [0.1, 0.15) is 0 Å². The molecule has 0 heterocycles. The number of halogens is 2. The van der Waals surface area contributed by atoms with Gasteiger partial charge in [0.25, 0.3) is 0 Å². The number of benzene rings is 2. The van der Waals surface area contributed by atoms with Gasteiger partial charge in [-0.1, -0.05) is 27.7 Å². The summed E-state index contributed by atoms with van der Waals surface area (Å²) in [5.41, 5.74) is -1.66. The third-order valence-corrected chi connectivity index (χ3v) is 1.93. The summed E-state index contributed by atoms with van der Waals surface area (Å²) in [5.74, 6) is 0.859. The van der Waals surface area contributed by atoms with Gasteiger partial charge in [-0.3, -0.25) is 0 Å². The van der Waals surface area contributed by atoms with Gasteiger partial charge in [-0.15, -0.1) is 24.3 Å². The Morgan fingerprint density at radius 3 is 1.16 bits per heavy atom. The van der Waals surface area contributed by atoms with E-state index >= 15 is 0 Å². The second kappa shape index (κ2) is 20.7. The third kappa shape index (κ3) is 18.8. The smallest absolute Gasteiger partial charge is 0.441 e. The Morgan fingerprint density at radius 2 is 0.960 bits per heavy atom. The van der Waals surface area contributed by atoms with Crippen LogP contribution in [0.4, 0.5) is 9.59 Å². The summed E-state index contributed by atoms with van der Waals surface area (Å²) in [6.07, 6.45) is 0. The van der Waals surface area contributed by atoms with Gasteiger partial charge in [-0.2, -0.15) is 36.4 Å². The Kier molecular flexibility index (Phi) is 23.5. The first-order chi connectivity index (χ1) is 11.6. The van der Waals surface area contributed by atoms with Crippen molar-refractivity contribution in [1.29, 1.82) is 0 Å². The van der Waals surface area contributed by atoms with Crippen molar-refractivity contribution in [2.75, 3.05) is 0 Å². The maximum Gasteiger partial charge on any atom is 2.00 e. The largest absolute Gasteiger partial charge is 2.00 e. The van der Waals surface area contributed by atoms with Crippen LogP contribution in [0, 0.1) is 12.1 Å². The Balaban J connectivity index is -0.000000312. The van der Waals surface area contributed by atoms with Crippen molar-refractivity contribution >= 4 is 34.1 Å². The molecule has 0 spiro atoms. The van der Waals surface area contributed by atoms with Crippen molar-refractivity contribution in [2.24, 2.45) is 0 Å². The second-order valence-corrected chi connectivity index (χ2v) is 3.77. The van der Waals surface area contributed by atoms with Gasteiger partial charge in [0, 0.05) is 34.7 Å². The van der Waals surface area contributed by atoms with Gasteiger partial charge in [-0.05, 0) is 0 Å². The summed E-state index contributed by atoms with van der Waals surface area (Å²) in [5, 5.41) is 0. The quantitative estimate of drug-likeness (QED) is 0.314. The minimum atomic E-state index is -0.828. The first kappa shape index (κ1) is 28.5. The molecule has 0 fully saturated rings. The topological polar surface area (TPSA) is 52.6 Å². The number of ether oxygens (including phenoxy) is 2. The van der Waals surface area contributed by atoms with Crippen LogP contribution in [-0.4, -0.2) is 10.9 Å². The van der Waals surface area contributed by atoms with Gasteiger partial charge in [0.05, 0.1) is 0 Å². The van der Waals surface area contributed by atoms with Crippen LogP contribution in [0.1, 0.15) is 27.7 Å². The van der Waals surface area contributed by atoms with Crippen LogP contribution in [0.3, 0.4) is 0 Å². The molecule has 0 radical (unpaired) electrons. The van der Waals surface area contributed by atoms with E-state index in [9.17, 15) is 9.59 Å². The van der Waals surface area contributed by atoms with Crippen molar-refractivity contribution in [3.63, 3.8) is 0 Å². The predicted octanol–water partition coefficient (Wildman–Crippen LogP) is 6.50. The molecule has 2 aromatic rings. The molecule has 0 saturated heterocycles. The van der Waals surface area contributed by atoms with Crippen molar-refractivity contribution in [3.05, 3.63) is 60.7 Å². The van der Waals surface area contributed by atoms with Crippen molar-refractivity contribution in [2.45, 2.75) is 27.7 Å². The molecular weight excluding hydrogens is 535 g/mol. The number of carbonyl (C=O) groups is 2. The zero-order chi connectivity index (χ0) is 18.8. The van der Waals surface area contributed by atoms with E-state index in [-0.39, 0.29) is 21.1 Å². The van der Waals surface area contributed by atoms with Crippen LogP contribution >= 0.6 is 23.2 Å². The maximum atomic E-state index is 10.1. The summed E-state index contributed by atoms with van der Waals surface area (Å²) in [6.45, 7) is 8.00. The third-order valence-electron chi connectivity index (χ3n) is 1.77. The first-order valence-corrected chi connectivity index (χ1v) is 8.00. The molecule has 25 heavy (non-hydrogen) atoms. The van der Waals surface area contributed by atoms with E-state index in [1.165, 1.54) is 0 Å². The van der Waals surface area contributed by atoms with E-state index in [1.54, 1.807) is 48.5 Å².